The maximum absolute atomic E-state index is 11.4. The van der Waals surface area contributed by atoms with Gasteiger partial charge in [-0.15, -0.1) is 34.9 Å². The summed E-state index contributed by atoms with van der Waals surface area (Å²) in [5, 5.41) is 18.1. The van der Waals surface area contributed by atoms with Crippen molar-refractivity contribution in [3.05, 3.63) is 10.1 Å². The Morgan fingerprint density at radius 3 is 2.44 bits per heavy atom. The first-order valence-corrected chi connectivity index (χ1v) is 7.56. The lowest BCUT2D eigenvalue weighted by Crippen LogP contribution is -2.38. The molecule has 0 aromatic carbocycles. The van der Waals surface area contributed by atoms with Gasteiger partial charge in [0, 0.05) is 26.1 Å². The van der Waals surface area contributed by atoms with Gasteiger partial charge in [0.15, 0.2) is 0 Å². The number of piperidine rings is 1. The van der Waals surface area contributed by atoms with Crippen molar-refractivity contribution in [2.45, 2.75) is 44.2 Å². The quantitative estimate of drug-likeness (QED) is 0.231. The highest BCUT2D eigenvalue weighted by Crippen LogP contribution is 2.13. The Kier molecular flexibility index (Phi) is 14.4. The molecule has 0 saturated carbocycles. The number of likely N-dealkylation sites (tertiary alicyclic amines) is 1. The number of nitrogens with two attached hydrogens (primary N) is 1. The number of carbonyl (C=O) groups excluding carboxylic acids is 1. The predicted octanol–water partition coefficient (Wildman–Crippen LogP) is 0.628. The zero-order valence-electron chi connectivity index (χ0n) is 13.7. The summed E-state index contributed by atoms with van der Waals surface area (Å²) >= 11 is 0. The second-order valence-corrected chi connectivity index (χ2v) is 5.43. The molecule has 1 aliphatic rings. The lowest BCUT2D eigenvalue weighted by atomic mass is 10.1. The Morgan fingerprint density at radius 2 is 1.92 bits per heavy atom. The molecule has 0 bridgehead atoms. The van der Waals surface area contributed by atoms with Gasteiger partial charge in [-0.1, -0.05) is 0 Å². The first-order chi connectivity index (χ1) is 10.9. The summed E-state index contributed by atoms with van der Waals surface area (Å²) in [6.45, 7) is 2.40. The number of hydrogen-bond donors (Lipinski definition) is 2. The van der Waals surface area contributed by atoms with Gasteiger partial charge in [0.1, 0.15) is 12.1 Å². The number of carboxylic acid groups (broad SMARTS) is 1. The van der Waals surface area contributed by atoms with E-state index in [4.69, 9.17) is 15.6 Å². The van der Waals surface area contributed by atoms with Gasteiger partial charge < -0.3 is 25.3 Å². The molecule has 0 spiro atoms. The van der Waals surface area contributed by atoms with Crippen LogP contribution in [-0.4, -0.2) is 65.4 Å². The van der Waals surface area contributed by atoms with E-state index >= 15 is 0 Å². The topological polar surface area (TPSA) is 145 Å². The average molecular weight is 406 g/mol. The zero-order valence-corrected chi connectivity index (χ0v) is 15.3. The molecule has 1 unspecified atom stereocenters. The number of carbonyl (C=O) groups is 2. The fourth-order valence-corrected chi connectivity index (χ4v) is 2.30. The normalized spacial score (nSPS) is 16.0. The molecular weight excluding hydrogens is 381 g/mol. The molecule has 12 heteroatoms. The minimum absolute atomic E-state index is 0. The Hall–Kier alpha value is -1.36. The molecule has 0 aliphatic carbocycles. The number of ether oxygens (including phenoxy) is 1. The largest absolute Gasteiger partial charge is 0.480 e. The number of carboxylic acids is 1. The van der Waals surface area contributed by atoms with Crippen LogP contribution in [0.2, 0.25) is 0 Å². The zero-order chi connectivity index (χ0) is 17.2. The Morgan fingerprint density at radius 1 is 1.32 bits per heavy atom. The van der Waals surface area contributed by atoms with Crippen molar-refractivity contribution in [2.24, 2.45) is 5.73 Å². The number of esters is 1. The minimum atomic E-state index is -1.14. The molecule has 1 heterocycles. The molecule has 0 aromatic rings. The van der Waals surface area contributed by atoms with Crippen LogP contribution in [0.3, 0.4) is 0 Å². The summed E-state index contributed by atoms with van der Waals surface area (Å²) in [7, 11) is 0. The third-order valence-corrected chi connectivity index (χ3v) is 3.63. The number of halogens is 2. The fraction of sp³-hybridized carbons (Fsp3) is 0.846. The molecule has 0 aromatic heterocycles. The van der Waals surface area contributed by atoms with E-state index < -0.39 is 23.1 Å². The molecule has 1 saturated heterocycles. The van der Waals surface area contributed by atoms with Crippen LogP contribution < -0.4 is 5.73 Å². The lowest BCUT2D eigenvalue weighted by Gasteiger charge is -2.30. The van der Waals surface area contributed by atoms with Gasteiger partial charge in [-0.05, 0) is 25.7 Å². The Bertz CT molecular complexity index is 420. The number of aliphatic carboxylic acids is 1. The summed E-state index contributed by atoms with van der Waals surface area (Å²) in [5.74, 6) is -1.60. The average Bonchev–Trinajstić information content (AvgIpc) is 2.50. The Labute approximate surface area is 157 Å². The van der Waals surface area contributed by atoms with Crippen LogP contribution in [-0.2, 0) is 19.2 Å². The highest BCUT2D eigenvalue weighted by molar-refractivity contribution is 5.85. The van der Waals surface area contributed by atoms with Gasteiger partial charge in [0.2, 0.25) is 0 Å². The molecule has 148 valence electrons. The van der Waals surface area contributed by atoms with Crippen LogP contribution >= 0.6 is 24.8 Å². The van der Waals surface area contributed by atoms with Gasteiger partial charge in [-0.2, -0.15) is 0 Å². The number of rotatable bonds is 10. The molecule has 1 aliphatic heterocycles. The summed E-state index contributed by atoms with van der Waals surface area (Å²) in [6, 6.07) is -1.05. The minimum Gasteiger partial charge on any atom is -0.480 e. The SMILES string of the molecule is Cl.Cl.NC(CCC(=O)OCCCN1CCC(O[N+](=O)[O-])CC1)C(=O)O. The van der Waals surface area contributed by atoms with Crippen molar-refractivity contribution < 1.29 is 29.4 Å². The highest BCUT2D eigenvalue weighted by Gasteiger charge is 2.21. The van der Waals surface area contributed by atoms with E-state index in [-0.39, 0.29) is 50.4 Å². The van der Waals surface area contributed by atoms with Crippen LogP contribution in [0.4, 0.5) is 0 Å². The smallest absolute Gasteiger partial charge is 0.320 e. The van der Waals surface area contributed by atoms with Crippen molar-refractivity contribution in [1.29, 1.82) is 0 Å². The van der Waals surface area contributed by atoms with Crippen molar-refractivity contribution in [3.8, 4) is 0 Å². The van der Waals surface area contributed by atoms with E-state index in [0.717, 1.165) is 6.54 Å². The van der Waals surface area contributed by atoms with Crippen molar-refractivity contribution in [1.82, 2.24) is 4.90 Å². The predicted molar refractivity (Wildman–Crippen MR) is 92.5 cm³/mol. The van der Waals surface area contributed by atoms with Crippen molar-refractivity contribution in [3.63, 3.8) is 0 Å². The molecular formula is C13H25Cl2N3O7. The monoisotopic (exact) mass is 405 g/mol. The maximum atomic E-state index is 11.4. The lowest BCUT2D eigenvalue weighted by molar-refractivity contribution is -0.769. The van der Waals surface area contributed by atoms with Gasteiger partial charge in [-0.3, -0.25) is 9.59 Å². The van der Waals surface area contributed by atoms with Crippen molar-refractivity contribution >= 4 is 36.8 Å². The Balaban J connectivity index is 0. The highest BCUT2D eigenvalue weighted by atomic mass is 35.5. The van der Waals surface area contributed by atoms with Crippen LogP contribution in [0.1, 0.15) is 32.1 Å². The van der Waals surface area contributed by atoms with Crippen LogP contribution in [0, 0.1) is 10.1 Å². The van der Waals surface area contributed by atoms with E-state index in [2.05, 4.69) is 9.74 Å². The first kappa shape index (κ1) is 25.9. The van der Waals surface area contributed by atoms with Gasteiger partial charge >= 0.3 is 11.9 Å². The molecule has 0 amide bonds. The molecule has 1 fully saturated rings. The fourth-order valence-electron chi connectivity index (χ4n) is 2.30. The summed E-state index contributed by atoms with van der Waals surface area (Å²) < 4.78 is 5.01. The maximum Gasteiger partial charge on any atom is 0.320 e. The van der Waals surface area contributed by atoms with Gasteiger partial charge in [0.25, 0.3) is 5.09 Å². The van der Waals surface area contributed by atoms with E-state index in [1.54, 1.807) is 0 Å². The van der Waals surface area contributed by atoms with E-state index in [1.165, 1.54) is 0 Å². The molecule has 3 N–H and O–H groups in total. The molecule has 0 radical (unpaired) electrons. The van der Waals surface area contributed by atoms with Crippen LogP contribution in [0.15, 0.2) is 0 Å². The van der Waals surface area contributed by atoms with E-state index in [0.29, 0.717) is 32.4 Å². The molecule has 25 heavy (non-hydrogen) atoms. The van der Waals surface area contributed by atoms with E-state index in [1.807, 2.05) is 0 Å². The number of nitrogens with zero attached hydrogens (tertiary/aromatic N) is 2. The summed E-state index contributed by atoms with van der Waals surface area (Å²) in [5.41, 5.74) is 5.29. The second kappa shape index (κ2) is 13.9. The van der Waals surface area contributed by atoms with Gasteiger partial charge in [-0.25, -0.2) is 0 Å². The summed E-state index contributed by atoms with van der Waals surface area (Å²) in [4.78, 5) is 38.8. The van der Waals surface area contributed by atoms with E-state index in [9.17, 15) is 19.7 Å². The summed E-state index contributed by atoms with van der Waals surface area (Å²) in [6.07, 6.45) is 1.56. The third-order valence-electron chi connectivity index (χ3n) is 3.63. The van der Waals surface area contributed by atoms with Crippen LogP contribution in [0.5, 0.6) is 0 Å². The number of hydrogen-bond acceptors (Lipinski definition) is 8. The molecule has 10 nitrogen and oxygen atoms in total. The molecule has 1 atom stereocenters. The van der Waals surface area contributed by atoms with Gasteiger partial charge in [0.05, 0.1) is 6.61 Å². The van der Waals surface area contributed by atoms with Crippen molar-refractivity contribution in [2.75, 3.05) is 26.2 Å². The first-order valence-electron chi connectivity index (χ1n) is 7.56. The standard InChI is InChI=1S/C13H23N3O7.2ClH/c14-11(13(18)19)2-3-12(17)22-9-1-6-15-7-4-10(5-8-15)23-16(20)21;;/h10-11H,1-9,14H2,(H,18,19);2*1H. The molecule has 1 rings (SSSR count). The third kappa shape index (κ3) is 11.8. The second-order valence-electron chi connectivity index (χ2n) is 5.43. The van der Waals surface area contributed by atoms with Crippen LogP contribution in [0.25, 0.3) is 0 Å².